The largest absolute Gasteiger partial charge is 0.351 e. The van der Waals surface area contributed by atoms with Crippen molar-refractivity contribution in [3.63, 3.8) is 0 Å². The van der Waals surface area contributed by atoms with Gasteiger partial charge in [-0.25, -0.2) is 4.79 Å². The molecule has 1 aromatic rings. The van der Waals surface area contributed by atoms with E-state index in [2.05, 4.69) is 22.5 Å². The third-order valence-electron chi connectivity index (χ3n) is 2.69. The number of nitrogens with one attached hydrogen (secondary N) is 3. The van der Waals surface area contributed by atoms with Crippen LogP contribution in [0.3, 0.4) is 0 Å². The van der Waals surface area contributed by atoms with Gasteiger partial charge in [-0.15, -0.1) is 6.58 Å². The number of carbonyl (C=O) groups excluding carboxylic acids is 2. The van der Waals surface area contributed by atoms with Crippen LogP contribution in [0.1, 0.15) is 13.8 Å². The van der Waals surface area contributed by atoms with Crippen LogP contribution in [-0.2, 0) is 4.79 Å². The van der Waals surface area contributed by atoms with Crippen LogP contribution >= 0.6 is 0 Å². The summed E-state index contributed by atoms with van der Waals surface area (Å²) in [6, 6.07) is 8.09. The van der Waals surface area contributed by atoms with Gasteiger partial charge in [0.15, 0.2) is 0 Å². The number of benzene rings is 1. The smallest absolute Gasteiger partial charge is 0.319 e. The first-order valence-electron chi connectivity index (χ1n) is 6.55. The molecule has 0 heterocycles. The minimum atomic E-state index is -0.585. The van der Waals surface area contributed by atoms with Gasteiger partial charge in [-0.3, -0.25) is 4.79 Å². The van der Waals surface area contributed by atoms with Crippen molar-refractivity contribution < 1.29 is 9.59 Å². The molecule has 0 aliphatic heterocycles. The molecule has 1 rings (SSSR count). The van der Waals surface area contributed by atoms with E-state index < -0.39 is 12.1 Å². The molecule has 0 saturated carbocycles. The fourth-order valence-corrected chi connectivity index (χ4v) is 1.65. The molecule has 0 bridgehead atoms. The molecule has 0 aliphatic rings. The van der Waals surface area contributed by atoms with Gasteiger partial charge >= 0.3 is 6.03 Å². The van der Waals surface area contributed by atoms with Crippen molar-refractivity contribution in [2.45, 2.75) is 19.9 Å². The van der Waals surface area contributed by atoms with Gasteiger partial charge in [-0.1, -0.05) is 38.1 Å². The van der Waals surface area contributed by atoms with E-state index in [4.69, 9.17) is 0 Å². The first-order valence-corrected chi connectivity index (χ1v) is 6.55. The molecule has 0 aliphatic carbocycles. The molecule has 1 aromatic carbocycles. The molecule has 0 radical (unpaired) electrons. The minimum Gasteiger partial charge on any atom is -0.351 e. The van der Waals surface area contributed by atoms with Crippen molar-refractivity contribution in [3.05, 3.63) is 43.0 Å². The van der Waals surface area contributed by atoms with Crippen molar-refractivity contribution in [2.75, 3.05) is 11.9 Å². The van der Waals surface area contributed by atoms with Gasteiger partial charge in [0.05, 0.1) is 0 Å². The van der Waals surface area contributed by atoms with Crippen LogP contribution in [0, 0.1) is 5.92 Å². The molecule has 20 heavy (non-hydrogen) atoms. The van der Waals surface area contributed by atoms with Crippen molar-refractivity contribution in [2.24, 2.45) is 5.92 Å². The van der Waals surface area contributed by atoms with E-state index in [1.54, 1.807) is 18.2 Å². The zero-order valence-electron chi connectivity index (χ0n) is 11.8. The van der Waals surface area contributed by atoms with Gasteiger partial charge < -0.3 is 16.0 Å². The zero-order chi connectivity index (χ0) is 15.0. The van der Waals surface area contributed by atoms with Crippen LogP contribution in [0.4, 0.5) is 10.5 Å². The molecule has 0 aromatic heterocycles. The lowest BCUT2D eigenvalue weighted by molar-refractivity contribution is -0.123. The maximum absolute atomic E-state index is 11.9. The molecule has 0 unspecified atom stereocenters. The molecule has 1 atom stereocenters. The molecule has 0 fully saturated rings. The molecule has 5 nitrogen and oxygen atoms in total. The predicted octanol–water partition coefficient (Wildman–Crippen LogP) is 2.13. The van der Waals surface area contributed by atoms with E-state index in [1.165, 1.54) is 0 Å². The van der Waals surface area contributed by atoms with Crippen molar-refractivity contribution in [3.8, 4) is 0 Å². The van der Waals surface area contributed by atoms with Crippen LogP contribution in [0.15, 0.2) is 43.0 Å². The molecular weight excluding hydrogens is 254 g/mol. The van der Waals surface area contributed by atoms with Gasteiger partial charge in [0.1, 0.15) is 6.04 Å². The number of para-hydroxylation sites is 1. The highest BCUT2D eigenvalue weighted by molar-refractivity contribution is 5.93. The highest BCUT2D eigenvalue weighted by Crippen LogP contribution is 2.06. The van der Waals surface area contributed by atoms with Crippen LogP contribution < -0.4 is 16.0 Å². The lowest BCUT2D eigenvalue weighted by Crippen LogP contribution is -2.50. The van der Waals surface area contributed by atoms with Gasteiger partial charge in [0.2, 0.25) is 5.91 Å². The summed E-state index contributed by atoms with van der Waals surface area (Å²) in [6.07, 6.45) is 1.60. The minimum absolute atomic E-state index is 0.0126. The van der Waals surface area contributed by atoms with Gasteiger partial charge in [0, 0.05) is 12.2 Å². The molecule has 3 amide bonds. The zero-order valence-corrected chi connectivity index (χ0v) is 11.8. The fourth-order valence-electron chi connectivity index (χ4n) is 1.65. The Hall–Kier alpha value is -2.30. The number of amides is 3. The number of rotatable bonds is 6. The average molecular weight is 275 g/mol. The van der Waals surface area contributed by atoms with Crippen molar-refractivity contribution in [1.29, 1.82) is 0 Å². The van der Waals surface area contributed by atoms with Crippen LogP contribution in [0.2, 0.25) is 0 Å². The second kappa shape index (κ2) is 7.99. The molecule has 0 saturated heterocycles. The topological polar surface area (TPSA) is 70.2 Å². The number of carbonyl (C=O) groups is 2. The lowest BCUT2D eigenvalue weighted by Gasteiger charge is -2.21. The Balaban J connectivity index is 2.59. The standard InChI is InChI=1S/C15H21N3O2/c1-4-10-16-14(19)13(11(2)3)18-15(20)17-12-8-6-5-7-9-12/h4-9,11,13H,1,10H2,2-3H3,(H,16,19)(H2,17,18,20)/t13-/m1/s1. The first-order chi connectivity index (χ1) is 9.54. The van der Waals surface area contributed by atoms with Gasteiger partial charge in [-0.05, 0) is 18.1 Å². The van der Waals surface area contributed by atoms with Crippen LogP contribution in [0.5, 0.6) is 0 Å². The van der Waals surface area contributed by atoms with E-state index in [1.807, 2.05) is 32.0 Å². The van der Waals surface area contributed by atoms with E-state index in [9.17, 15) is 9.59 Å². The second-order valence-corrected chi connectivity index (χ2v) is 4.72. The Morgan fingerprint density at radius 3 is 2.45 bits per heavy atom. The summed E-state index contributed by atoms with van der Waals surface area (Å²) in [6.45, 7) is 7.67. The van der Waals surface area contributed by atoms with E-state index in [-0.39, 0.29) is 11.8 Å². The van der Waals surface area contributed by atoms with Crippen molar-refractivity contribution >= 4 is 17.6 Å². The summed E-state index contributed by atoms with van der Waals surface area (Å²) in [5.41, 5.74) is 0.680. The average Bonchev–Trinajstić information content (AvgIpc) is 2.43. The summed E-state index contributed by atoms with van der Waals surface area (Å²) in [5.74, 6) is -0.232. The highest BCUT2D eigenvalue weighted by Gasteiger charge is 2.23. The Labute approximate surface area is 119 Å². The number of urea groups is 1. The maximum Gasteiger partial charge on any atom is 0.319 e. The number of hydrogen-bond donors (Lipinski definition) is 3. The van der Waals surface area contributed by atoms with Gasteiger partial charge in [0.25, 0.3) is 0 Å². The fraction of sp³-hybridized carbons (Fsp3) is 0.333. The molecule has 3 N–H and O–H groups in total. The Kier molecular flexibility index (Phi) is 6.29. The Morgan fingerprint density at radius 1 is 1.25 bits per heavy atom. The van der Waals surface area contributed by atoms with Crippen LogP contribution in [0.25, 0.3) is 0 Å². The van der Waals surface area contributed by atoms with E-state index in [0.717, 1.165) is 0 Å². The van der Waals surface area contributed by atoms with Crippen LogP contribution in [-0.4, -0.2) is 24.5 Å². The van der Waals surface area contributed by atoms with E-state index in [0.29, 0.717) is 12.2 Å². The normalized spacial score (nSPS) is 11.6. The SMILES string of the molecule is C=CCNC(=O)[C@H](NC(=O)Nc1ccccc1)C(C)C. The van der Waals surface area contributed by atoms with Crippen molar-refractivity contribution in [1.82, 2.24) is 10.6 Å². The first kappa shape index (κ1) is 15.8. The van der Waals surface area contributed by atoms with E-state index >= 15 is 0 Å². The summed E-state index contributed by atoms with van der Waals surface area (Å²) >= 11 is 0. The summed E-state index contributed by atoms with van der Waals surface area (Å²) in [5, 5.41) is 8.05. The molecular formula is C15H21N3O2. The van der Waals surface area contributed by atoms with Gasteiger partial charge in [-0.2, -0.15) is 0 Å². The molecule has 5 heteroatoms. The third-order valence-corrected chi connectivity index (χ3v) is 2.69. The third kappa shape index (κ3) is 5.14. The monoisotopic (exact) mass is 275 g/mol. The second-order valence-electron chi connectivity index (χ2n) is 4.72. The summed E-state index contributed by atoms with van der Waals surface area (Å²) in [7, 11) is 0. The summed E-state index contributed by atoms with van der Waals surface area (Å²) in [4.78, 5) is 23.8. The lowest BCUT2D eigenvalue weighted by atomic mass is 10.0. The molecule has 0 spiro atoms. The Morgan fingerprint density at radius 2 is 1.90 bits per heavy atom. The molecule has 108 valence electrons. The highest BCUT2D eigenvalue weighted by atomic mass is 16.2. The number of hydrogen-bond acceptors (Lipinski definition) is 2. The summed E-state index contributed by atoms with van der Waals surface area (Å²) < 4.78 is 0. The maximum atomic E-state index is 11.9. The Bertz CT molecular complexity index is 457. The predicted molar refractivity (Wildman–Crippen MR) is 80.4 cm³/mol. The number of anilines is 1. The quantitative estimate of drug-likeness (QED) is 0.696.